The van der Waals surface area contributed by atoms with Gasteiger partial charge in [-0.1, -0.05) is 46.7 Å². The van der Waals surface area contributed by atoms with E-state index in [-0.39, 0.29) is 12.3 Å². The van der Waals surface area contributed by atoms with Crippen molar-refractivity contribution < 1.29 is 4.79 Å². The highest BCUT2D eigenvalue weighted by Crippen LogP contribution is 2.34. The van der Waals surface area contributed by atoms with Gasteiger partial charge in [-0.05, 0) is 48.7 Å². The van der Waals surface area contributed by atoms with Gasteiger partial charge in [0, 0.05) is 35.5 Å². The van der Waals surface area contributed by atoms with Crippen molar-refractivity contribution in [2.75, 3.05) is 11.4 Å². The predicted molar refractivity (Wildman–Crippen MR) is 124 cm³/mol. The van der Waals surface area contributed by atoms with Gasteiger partial charge in [0.15, 0.2) is 5.13 Å². The van der Waals surface area contributed by atoms with Crippen molar-refractivity contribution >= 4 is 55.8 Å². The first-order valence-corrected chi connectivity index (χ1v) is 11.1. The minimum Gasteiger partial charge on any atom is -0.337 e. The molecular formula is C22H20Cl2N4OS. The number of amides is 1. The number of rotatable bonds is 7. The van der Waals surface area contributed by atoms with Gasteiger partial charge in [-0.2, -0.15) is 0 Å². The van der Waals surface area contributed by atoms with Crippen LogP contribution in [0.25, 0.3) is 10.2 Å². The van der Waals surface area contributed by atoms with Crippen LogP contribution in [-0.4, -0.2) is 27.0 Å². The fourth-order valence-corrected chi connectivity index (χ4v) is 4.58. The van der Waals surface area contributed by atoms with E-state index in [1.807, 2.05) is 42.0 Å². The van der Waals surface area contributed by atoms with Gasteiger partial charge in [0.2, 0.25) is 5.91 Å². The van der Waals surface area contributed by atoms with Crippen molar-refractivity contribution in [3.8, 4) is 0 Å². The molecule has 4 aromatic rings. The van der Waals surface area contributed by atoms with E-state index >= 15 is 0 Å². The molecule has 8 heteroatoms. The maximum atomic E-state index is 13.2. The molecule has 1 amide bonds. The summed E-state index contributed by atoms with van der Waals surface area (Å²) in [6, 6.07) is 11.2. The molecule has 2 aromatic carbocycles. The number of fused-ring (bicyclic) bond motifs is 1. The van der Waals surface area contributed by atoms with Gasteiger partial charge in [-0.25, -0.2) is 9.97 Å². The molecule has 0 aliphatic rings. The van der Waals surface area contributed by atoms with Crippen molar-refractivity contribution in [2.24, 2.45) is 0 Å². The number of anilines is 1. The quantitative estimate of drug-likeness (QED) is 0.352. The average Bonchev–Trinajstić information content (AvgIpc) is 3.40. The molecular weight excluding hydrogens is 439 g/mol. The smallest absolute Gasteiger partial charge is 0.233 e. The van der Waals surface area contributed by atoms with Crippen LogP contribution in [0.15, 0.2) is 55.1 Å². The molecule has 2 heterocycles. The molecule has 0 saturated heterocycles. The topological polar surface area (TPSA) is 51.0 Å². The third-order valence-corrected chi connectivity index (χ3v) is 6.60. The van der Waals surface area contributed by atoms with Crippen LogP contribution in [0.2, 0.25) is 10.0 Å². The van der Waals surface area contributed by atoms with Crippen LogP contribution >= 0.6 is 34.5 Å². The molecule has 0 N–H and O–H groups in total. The van der Waals surface area contributed by atoms with Crippen LogP contribution in [0.4, 0.5) is 5.13 Å². The third-order valence-electron chi connectivity index (χ3n) is 4.89. The zero-order chi connectivity index (χ0) is 21.1. The Morgan fingerprint density at radius 1 is 1.17 bits per heavy atom. The number of aryl methyl sites for hydroxylation is 2. The van der Waals surface area contributed by atoms with Gasteiger partial charge in [0.25, 0.3) is 0 Å². The molecule has 30 heavy (non-hydrogen) atoms. The lowest BCUT2D eigenvalue weighted by Crippen LogP contribution is -2.33. The summed E-state index contributed by atoms with van der Waals surface area (Å²) >= 11 is 13.8. The summed E-state index contributed by atoms with van der Waals surface area (Å²) in [6.07, 6.45) is 6.53. The SMILES string of the molecule is Cc1c(Cl)ccc2sc(N(CCCn3ccnc3)C(=O)Cc3ccc(Cl)cc3)nc12. The summed E-state index contributed by atoms with van der Waals surface area (Å²) in [5, 5.41) is 2.03. The van der Waals surface area contributed by atoms with E-state index in [9.17, 15) is 4.79 Å². The van der Waals surface area contributed by atoms with E-state index in [1.165, 1.54) is 11.3 Å². The van der Waals surface area contributed by atoms with Gasteiger partial charge < -0.3 is 4.57 Å². The van der Waals surface area contributed by atoms with Crippen molar-refractivity contribution in [3.05, 3.63) is 76.3 Å². The fourth-order valence-electron chi connectivity index (χ4n) is 3.23. The molecule has 0 bridgehead atoms. The van der Waals surface area contributed by atoms with E-state index in [4.69, 9.17) is 28.2 Å². The van der Waals surface area contributed by atoms with Gasteiger partial charge in [0.05, 0.1) is 23.0 Å². The Morgan fingerprint density at radius 2 is 1.97 bits per heavy atom. The Hall–Kier alpha value is -2.41. The number of aromatic nitrogens is 3. The van der Waals surface area contributed by atoms with Crippen LogP contribution in [0.1, 0.15) is 17.5 Å². The molecule has 0 spiro atoms. The molecule has 5 nitrogen and oxygen atoms in total. The third kappa shape index (κ3) is 4.67. The van der Waals surface area contributed by atoms with Crippen LogP contribution < -0.4 is 4.90 Å². The standard InChI is InChI=1S/C22H20Cl2N4OS/c1-15-18(24)7-8-19-21(15)26-22(30-19)28(11-2-10-27-12-9-25-14-27)20(29)13-16-3-5-17(23)6-4-16/h3-9,12,14H,2,10-11,13H2,1H3. The minimum absolute atomic E-state index is 0.00533. The highest BCUT2D eigenvalue weighted by Gasteiger charge is 2.21. The number of hydrogen-bond donors (Lipinski definition) is 0. The number of imidazole rings is 1. The summed E-state index contributed by atoms with van der Waals surface area (Å²) < 4.78 is 3.02. The first kappa shape index (κ1) is 20.8. The summed E-state index contributed by atoms with van der Waals surface area (Å²) in [5.41, 5.74) is 2.70. The Bertz CT molecular complexity index is 1160. The van der Waals surface area contributed by atoms with Gasteiger partial charge in [0.1, 0.15) is 0 Å². The van der Waals surface area contributed by atoms with Gasteiger partial charge in [-0.3, -0.25) is 9.69 Å². The molecule has 0 radical (unpaired) electrons. The Morgan fingerprint density at radius 3 is 2.70 bits per heavy atom. The number of carbonyl (C=O) groups excluding carboxylic acids is 1. The van der Waals surface area contributed by atoms with Gasteiger partial charge in [-0.15, -0.1) is 0 Å². The molecule has 154 valence electrons. The summed E-state index contributed by atoms with van der Waals surface area (Å²) in [6.45, 7) is 3.30. The molecule has 4 rings (SSSR count). The van der Waals surface area contributed by atoms with E-state index in [0.29, 0.717) is 21.7 Å². The Kier molecular flexibility index (Phi) is 6.37. The monoisotopic (exact) mass is 458 g/mol. The number of thiazole rings is 1. The minimum atomic E-state index is 0.00533. The number of nitrogens with zero attached hydrogens (tertiary/aromatic N) is 4. The predicted octanol–water partition coefficient (Wildman–Crippen LogP) is 5.77. The van der Waals surface area contributed by atoms with Crippen molar-refractivity contribution in [3.63, 3.8) is 0 Å². The van der Waals surface area contributed by atoms with Crippen LogP contribution in [0.5, 0.6) is 0 Å². The van der Waals surface area contributed by atoms with Crippen molar-refractivity contribution in [1.82, 2.24) is 14.5 Å². The summed E-state index contributed by atoms with van der Waals surface area (Å²) in [7, 11) is 0. The van der Waals surface area contributed by atoms with E-state index in [1.54, 1.807) is 29.6 Å². The van der Waals surface area contributed by atoms with E-state index < -0.39 is 0 Å². The number of carbonyl (C=O) groups is 1. The van der Waals surface area contributed by atoms with Crippen LogP contribution in [0.3, 0.4) is 0 Å². The molecule has 0 saturated carbocycles. The summed E-state index contributed by atoms with van der Waals surface area (Å²) in [5.74, 6) is 0.00533. The lowest BCUT2D eigenvalue weighted by atomic mass is 10.1. The van der Waals surface area contributed by atoms with Crippen LogP contribution in [-0.2, 0) is 17.8 Å². The van der Waals surface area contributed by atoms with Crippen LogP contribution in [0, 0.1) is 6.92 Å². The first-order chi connectivity index (χ1) is 14.5. The number of benzene rings is 2. The zero-order valence-corrected chi connectivity index (χ0v) is 18.7. The van der Waals surface area contributed by atoms with Crippen molar-refractivity contribution in [2.45, 2.75) is 26.3 Å². The maximum Gasteiger partial charge on any atom is 0.233 e. The number of halogens is 2. The average molecular weight is 459 g/mol. The normalized spacial score (nSPS) is 11.2. The van der Waals surface area contributed by atoms with Crippen molar-refractivity contribution in [1.29, 1.82) is 0 Å². The van der Waals surface area contributed by atoms with Gasteiger partial charge >= 0.3 is 0 Å². The zero-order valence-electron chi connectivity index (χ0n) is 16.4. The summed E-state index contributed by atoms with van der Waals surface area (Å²) in [4.78, 5) is 23.9. The lowest BCUT2D eigenvalue weighted by Gasteiger charge is -2.20. The second-order valence-corrected chi connectivity index (χ2v) is 8.87. The van der Waals surface area contributed by atoms with E-state index in [2.05, 4.69) is 4.98 Å². The largest absolute Gasteiger partial charge is 0.337 e. The molecule has 0 fully saturated rings. The number of hydrogen-bond acceptors (Lipinski definition) is 4. The second kappa shape index (κ2) is 9.16. The molecule has 0 aliphatic heterocycles. The first-order valence-electron chi connectivity index (χ1n) is 9.57. The maximum absolute atomic E-state index is 13.2. The molecule has 0 atom stereocenters. The second-order valence-electron chi connectivity index (χ2n) is 7.02. The Labute approximate surface area is 188 Å². The molecule has 2 aromatic heterocycles. The molecule has 0 aliphatic carbocycles. The van der Waals surface area contributed by atoms with E-state index in [0.717, 1.165) is 34.3 Å². The highest BCUT2D eigenvalue weighted by atomic mass is 35.5. The Balaban J connectivity index is 1.59. The molecule has 0 unspecified atom stereocenters. The fraction of sp³-hybridized carbons (Fsp3) is 0.227. The lowest BCUT2D eigenvalue weighted by molar-refractivity contribution is -0.118. The highest BCUT2D eigenvalue weighted by molar-refractivity contribution is 7.22.